The first kappa shape index (κ1) is 49.2. The summed E-state index contributed by atoms with van der Waals surface area (Å²) in [5.41, 5.74) is 0. The Balaban J connectivity index is -0.000000538. The van der Waals surface area contributed by atoms with Crippen LogP contribution in [0, 0.1) is 20.7 Å². The molecule has 0 radical (unpaired) electrons. The van der Waals surface area contributed by atoms with Gasteiger partial charge in [-0.3, -0.25) is 4.79 Å². The molecule has 47 heavy (non-hydrogen) atoms. The third-order valence-electron chi connectivity index (χ3n) is 4.25. The van der Waals surface area contributed by atoms with Crippen LogP contribution in [0.5, 0.6) is 0 Å². The third-order valence-corrected chi connectivity index (χ3v) is 9.62. The number of halogens is 7. The Morgan fingerprint density at radius 3 is 0.957 bits per heavy atom. The molecule has 4 rings (SSSR count). The molecule has 0 atom stereocenters. The molecule has 0 amide bonds. The van der Waals surface area contributed by atoms with Gasteiger partial charge in [0.05, 0.1) is 14.2 Å². The van der Waals surface area contributed by atoms with E-state index in [2.05, 4.69) is 131 Å². The first-order valence-corrected chi connectivity index (χ1v) is 17.6. The van der Waals surface area contributed by atoms with Crippen LogP contribution in [0.1, 0.15) is 6.92 Å². The first-order valence-electron chi connectivity index (χ1n) is 12.3. The number of benzene rings is 4. The van der Waals surface area contributed by atoms with Crippen LogP contribution in [0.4, 0.5) is 17.6 Å². The van der Waals surface area contributed by atoms with Gasteiger partial charge in [0.2, 0.25) is 5.97 Å². The minimum absolute atomic E-state index is 0. The summed E-state index contributed by atoms with van der Waals surface area (Å²) in [7, 11) is -1.30. The number of alkyl halides is 2. The van der Waals surface area contributed by atoms with E-state index in [9.17, 15) is 27.2 Å². The number of esters is 2. The third kappa shape index (κ3) is 28.5. The van der Waals surface area contributed by atoms with Crippen LogP contribution in [0.15, 0.2) is 121 Å². The predicted molar refractivity (Wildman–Crippen MR) is 158 cm³/mol. The summed E-state index contributed by atoms with van der Waals surface area (Å²) in [5, 5.41) is 0. The van der Waals surface area contributed by atoms with Crippen molar-refractivity contribution in [3.05, 3.63) is 142 Å². The fraction of sp³-hybridized carbons (Fsp3) is 0.129. The van der Waals surface area contributed by atoms with Gasteiger partial charge in [0.15, 0.2) is 14.3 Å². The van der Waals surface area contributed by atoms with Crippen molar-refractivity contribution in [2.75, 3.05) is 14.2 Å². The summed E-state index contributed by atoms with van der Waals surface area (Å²) >= 11 is 0.0574. The number of rotatable bonds is 6. The molecule has 0 heterocycles. The average Bonchev–Trinajstić information content (AvgIpc) is 3.02. The number of hydrogen-bond acceptors (Lipinski definition) is 7. The van der Waals surface area contributed by atoms with E-state index >= 15 is 0 Å². The van der Waals surface area contributed by atoms with Crippen molar-refractivity contribution in [1.29, 1.82) is 0 Å². The molecule has 4 aromatic carbocycles. The monoisotopic (exact) mass is 934 g/mol. The Labute approximate surface area is 322 Å². The maximum absolute atomic E-state index is 11.6. The van der Waals surface area contributed by atoms with E-state index in [1.165, 1.54) is 14.3 Å². The van der Waals surface area contributed by atoms with Gasteiger partial charge in [-0.1, -0.05) is 72.8 Å². The Kier molecular flexibility index (Phi) is 31.3. The molecule has 250 valence electrons. The van der Waals surface area contributed by atoms with Gasteiger partial charge in [-0.25, -0.2) is 4.79 Å². The Bertz CT molecular complexity index is 1320. The van der Waals surface area contributed by atoms with Crippen molar-refractivity contribution in [1.82, 2.24) is 0 Å². The minimum atomic E-state index is -3.35. The van der Waals surface area contributed by atoms with Crippen molar-refractivity contribution in [2.45, 2.75) is 12.8 Å². The van der Waals surface area contributed by atoms with E-state index in [0.29, 0.717) is 6.92 Å². The van der Waals surface area contributed by atoms with E-state index in [4.69, 9.17) is 12.6 Å². The molecule has 0 aliphatic carbocycles. The predicted octanol–water partition coefficient (Wildman–Crippen LogP) is -2.55. The molecular weight excluding hydrogens is 905 g/mol. The summed E-state index contributed by atoms with van der Waals surface area (Å²) in [6.07, 6.45) is -2.32. The molecule has 7 nitrogen and oxygen atoms in total. The Morgan fingerprint density at radius 1 is 0.617 bits per heavy atom. The van der Waals surface area contributed by atoms with Crippen molar-refractivity contribution < 1.29 is 121 Å². The quantitative estimate of drug-likeness (QED) is 0.0691. The molecule has 0 fully saturated rings. The van der Waals surface area contributed by atoms with Gasteiger partial charge < -0.3 is 18.3 Å². The summed E-state index contributed by atoms with van der Waals surface area (Å²) in [6.45, 7) is 0.485. The van der Waals surface area contributed by atoms with Crippen molar-refractivity contribution in [2.24, 2.45) is 0 Å². The zero-order chi connectivity index (χ0) is 34.1. The van der Waals surface area contributed by atoms with Crippen LogP contribution in [0.3, 0.4) is 0 Å². The largest absolute Gasteiger partial charge is 1.00 e. The van der Waals surface area contributed by atoms with Gasteiger partial charge in [-0.05, 0) is 48.5 Å². The van der Waals surface area contributed by atoms with Gasteiger partial charge in [-0.15, -0.1) is 25.0 Å². The maximum atomic E-state index is 11.6. The van der Waals surface area contributed by atoms with Crippen LogP contribution in [0.2, 0.25) is 0 Å². The van der Waals surface area contributed by atoms with E-state index in [1.807, 2.05) is 0 Å². The number of ether oxygens (including phenoxy) is 2. The summed E-state index contributed by atoms with van der Waals surface area (Å²) in [5.74, 6) is -6.42. The minimum Gasteiger partial charge on any atom is -0.487 e. The zero-order valence-electron chi connectivity index (χ0n) is 25.5. The second-order valence-corrected chi connectivity index (χ2v) is 14.2. The topological polar surface area (TPSA) is 104 Å². The Hall–Kier alpha value is -2.22. The summed E-state index contributed by atoms with van der Waals surface area (Å²) < 4.78 is 83.6. The average molecular weight is 935 g/mol. The Morgan fingerprint density at radius 2 is 0.851 bits per heavy atom. The SMILES string of the molecule is COC(=O)C(C)(F)F.COC(=O)[C-](F)F.Cl.O=S(=O)=O.[Na+].c1ccc([I+]c2ccccc2)cc1.c1ccc([I+]c2ccccc2)cc1. The molecule has 4 aromatic rings. The van der Waals surface area contributed by atoms with Gasteiger partial charge in [0.25, 0.3) is 0 Å². The summed E-state index contributed by atoms with van der Waals surface area (Å²) in [4.78, 5) is 19.4. The molecule has 0 N–H and O–H groups in total. The van der Waals surface area contributed by atoms with Crippen LogP contribution in [-0.2, 0) is 29.7 Å². The molecule has 0 saturated carbocycles. The van der Waals surface area contributed by atoms with E-state index in [0.717, 1.165) is 14.2 Å². The van der Waals surface area contributed by atoms with Crippen molar-refractivity contribution in [3.8, 4) is 0 Å². The molecule has 0 saturated heterocycles. The number of carbonyl (C=O) groups excluding carboxylic acids is 2. The van der Waals surface area contributed by atoms with E-state index in [-0.39, 0.29) is 84.4 Å². The fourth-order valence-electron chi connectivity index (χ4n) is 2.42. The second kappa shape index (κ2) is 29.9. The van der Waals surface area contributed by atoms with Crippen LogP contribution in [0.25, 0.3) is 0 Å². The van der Waals surface area contributed by atoms with Crippen LogP contribution in [-0.4, -0.2) is 44.7 Å². The molecule has 16 heteroatoms. The van der Waals surface area contributed by atoms with E-state index in [1.54, 1.807) is 0 Å². The normalized spacial score (nSPS) is 9.00. The molecular formula is C31H30ClF4I2NaO7S+2. The molecule has 0 unspecified atom stereocenters. The standard InChI is InChI=1S/2C12H10I.C4H6F2O2.C3H3F2O2.ClH.Na.O3S/c2*1-3-7-11(8-4-1)13-12-9-5-2-6-10-12;1-4(5,6)3(7)8-2;1-7-3(6)2(4)5;;;1-4(2)3/h2*1-10H;1-2H3;1H3;1H;;/q2*+1;;-1;;+1;. The van der Waals surface area contributed by atoms with Crippen molar-refractivity contribution in [3.63, 3.8) is 0 Å². The van der Waals surface area contributed by atoms with Gasteiger partial charge in [-0.2, -0.15) is 8.78 Å². The van der Waals surface area contributed by atoms with Crippen LogP contribution >= 0.6 is 12.4 Å². The number of carbonyl (C=O) groups is 2. The summed E-state index contributed by atoms with van der Waals surface area (Å²) in [6, 6.07) is 42.8. The van der Waals surface area contributed by atoms with E-state index < -0.39 is 34.9 Å². The molecule has 0 aliphatic rings. The maximum Gasteiger partial charge on any atom is 1.00 e. The number of methoxy groups -OCH3 is 2. The van der Waals surface area contributed by atoms with Gasteiger partial charge in [0.1, 0.15) is 0 Å². The molecule has 0 aromatic heterocycles. The van der Waals surface area contributed by atoms with Gasteiger partial charge >= 0.3 is 94.5 Å². The molecule has 0 bridgehead atoms. The second-order valence-electron chi connectivity index (χ2n) is 7.71. The zero-order valence-corrected chi connectivity index (χ0v) is 33.4. The number of hydrogen-bond donors (Lipinski definition) is 0. The smallest absolute Gasteiger partial charge is 0.487 e. The van der Waals surface area contributed by atoms with Crippen molar-refractivity contribution >= 4 is 35.0 Å². The van der Waals surface area contributed by atoms with Gasteiger partial charge in [0, 0.05) is 13.3 Å². The molecule has 0 spiro atoms. The van der Waals surface area contributed by atoms with Crippen LogP contribution < -0.4 is 72.0 Å². The first-order chi connectivity index (χ1) is 21.3. The fourth-order valence-corrected chi connectivity index (χ4v) is 6.96. The molecule has 0 aliphatic heterocycles.